The number of fused-ring (bicyclic) bond motifs is 1. The molecule has 3 heteroatoms. The summed E-state index contributed by atoms with van der Waals surface area (Å²) in [6, 6.07) is 7.87. The van der Waals surface area contributed by atoms with Crippen LogP contribution in [0.25, 0.3) is 10.1 Å². The maximum Gasteiger partial charge on any atom is 0.0992 e. The van der Waals surface area contributed by atoms with Crippen molar-refractivity contribution in [2.24, 2.45) is 0 Å². The van der Waals surface area contributed by atoms with Crippen molar-refractivity contribution in [2.75, 3.05) is 0 Å². The first-order valence-electron chi connectivity index (χ1n) is 3.84. The Morgan fingerprint density at radius 3 is 2.92 bits per heavy atom. The number of thiophene rings is 1. The van der Waals surface area contributed by atoms with Crippen LogP contribution in [-0.4, -0.2) is 0 Å². The van der Waals surface area contributed by atoms with E-state index in [0.29, 0.717) is 5.56 Å². The van der Waals surface area contributed by atoms with E-state index in [1.807, 2.05) is 25.1 Å². The van der Waals surface area contributed by atoms with Crippen molar-refractivity contribution in [3.05, 3.63) is 29.3 Å². The Kier molecular flexibility index (Phi) is 2.03. The van der Waals surface area contributed by atoms with Crippen molar-refractivity contribution in [1.82, 2.24) is 0 Å². The summed E-state index contributed by atoms with van der Waals surface area (Å²) in [7, 11) is 0. The Hall–Kier alpha value is -0.980. The largest absolute Gasteiger partial charge is 0.192 e. The summed E-state index contributed by atoms with van der Waals surface area (Å²) in [6.07, 6.45) is 0. The highest BCUT2D eigenvalue weighted by Crippen LogP contribution is 2.33. The number of aryl methyl sites for hydroxylation is 1. The third-order valence-corrected chi connectivity index (χ3v) is 3.71. The lowest BCUT2D eigenvalue weighted by molar-refractivity contribution is 1.47. The highest BCUT2D eigenvalue weighted by atomic mass is 32.2. The summed E-state index contributed by atoms with van der Waals surface area (Å²) < 4.78 is 2.17. The number of benzene rings is 1. The third-order valence-electron chi connectivity index (χ3n) is 2.04. The van der Waals surface area contributed by atoms with Gasteiger partial charge in [0.05, 0.1) is 15.8 Å². The van der Waals surface area contributed by atoms with Gasteiger partial charge in [0, 0.05) is 4.70 Å². The van der Waals surface area contributed by atoms with Gasteiger partial charge in [-0.3, -0.25) is 0 Å². The molecule has 1 heterocycles. The number of hydrogen-bond donors (Lipinski definition) is 1. The number of nitrogens with zero attached hydrogens (tertiary/aromatic N) is 1. The fourth-order valence-electron chi connectivity index (χ4n) is 1.28. The topological polar surface area (TPSA) is 23.8 Å². The Morgan fingerprint density at radius 2 is 2.23 bits per heavy atom. The van der Waals surface area contributed by atoms with Crippen LogP contribution in [0.3, 0.4) is 0 Å². The summed E-state index contributed by atoms with van der Waals surface area (Å²) in [4.78, 5) is 0. The van der Waals surface area contributed by atoms with Crippen molar-refractivity contribution in [1.29, 1.82) is 5.26 Å². The minimum Gasteiger partial charge on any atom is -0.192 e. The zero-order valence-corrected chi connectivity index (χ0v) is 8.75. The molecule has 0 saturated heterocycles. The standard InChI is InChI=1S/C10H7NS2/c1-6-8-3-2-7(5-11)4-9(8)13-10(6)12/h2-4,12H,1H3. The molecule has 0 aliphatic carbocycles. The van der Waals surface area contributed by atoms with Crippen molar-refractivity contribution in [2.45, 2.75) is 11.1 Å². The van der Waals surface area contributed by atoms with Crippen LogP contribution in [0.5, 0.6) is 0 Å². The lowest BCUT2D eigenvalue weighted by Crippen LogP contribution is -1.72. The monoisotopic (exact) mass is 205 g/mol. The summed E-state index contributed by atoms with van der Waals surface area (Å²) in [6.45, 7) is 2.05. The maximum absolute atomic E-state index is 8.71. The predicted molar refractivity (Wildman–Crippen MR) is 58.5 cm³/mol. The Labute approximate surface area is 86.0 Å². The Morgan fingerprint density at radius 1 is 1.46 bits per heavy atom. The SMILES string of the molecule is Cc1c(S)sc2cc(C#N)ccc12. The van der Waals surface area contributed by atoms with Gasteiger partial charge in [0.2, 0.25) is 0 Å². The first kappa shape index (κ1) is 8.61. The van der Waals surface area contributed by atoms with Gasteiger partial charge in [0.15, 0.2) is 0 Å². The molecule has 0 fully saturated rings. The van der Waals surface area contributed by atoms with Gasteiger partial charge in [-0.1, -0.05) is 6.07 Å². The summed E-state index contributed by atoms with van der Waals surface area (Å²) in [5.41, 5.74) is 1.91. The molecule has 0 bridgehead atoms. The summed E-state index contributed by atoms with van der Waals surface area (Å²) in [5.74, 6) is 0. The van der Waals surface area contributed by atoms with Gasteiger partial charge in [0.25, 0.3) is 0 Å². The van der Waals surface area contributed by atoms with E-state index in [4.69, 9.17) is 5.26 Å². The normalized spacial score (nSPS) is 10.2. The zero-order chi connectivity index (χ0) is 9.42. The van der Waals surface area contributed by atoms with E-state index >= 15 is 0 Å². The lowest BCUT2D eigenvalue weighted by atomic mass is 10.1. The summed E-state index contributed by atoms with van der Waals surface area (Å²) >= 11 is 5.98. The molecule has 2 rings (SSSR count). The molecule has 1 nitrogen and oxygen atoms in total. The van der Waals surface area contributed by atoms with Crippen LogP contribution in [0.2, 0.25) is 0 Å². The second-order valence-electron chi connectivity index (χ2n) is 2.85. The van der Waals surface area contributed by atoms with E-state index in [0.717, 1.165) is 8.91 Å². The molecule has 13 heavy (non-hydrogen) atoms. The number of rotatable bonds is 0. The van der Waals surface area contributed by atoms with Crippen molar-refractivity contribution < 1.29 is 0 Å². The van der Waals surface area contributed by atoms with Crippen LogP contribution in [-0.2, 0) is 0 Å². The minimum absolute atomic E-state index is 0.710. The molecule has 64 valence electrons. The van der Waals surface area contributed by atoms with E-state index in [1.165, 1.54) is 10.9 Å². The molecule has 0 aliphatic heterocycles. The first-order valence-corrected chi connectivity index (χ1v) is 5.11. The van der Waals surface area contributed by atoms with Crippen LogP contribution in [0.1, 0.15) is 11.1 Å². The smallest absolute Gasteiger partial charge is 0.0992 e. The Bertz CT molecular complexity index is 505. The number of thiol groups is 1. The molecule has 0 saturated carbocycles. The Balaban J connectivity index is 2.82. The third kappa shape index (κ3) is 1.32. The van der Waals surface area contributed by atoms with E-state index in [9.17, 15) is 0 Å². The van der Waals surface area contributed by atoms with Gasteiger partial charge >= 0.3 is 0 Å². The van der Waals surface area contributed by atoms with Gasteiger partial charge in [-0.05, 0) is 30.0 Å². The molecule has 0 amide bonds. The van der Waals surface area contributed by atoms with Crippen molar-refractivity contribution in [3.63, 3.8) is 0 Å². The average molecular weight is 205 g/mol. The maximum atomic E-state index is 8.71. The van der Waals surface area contributed by atoms with Crippen molar-refractivity contribution in [3.8, 4) is 6.07 Å². The predicted octanol–water partition coefficient (Wildman–Crippen LogP) is 3.37. The molecule has 0 unspecified atom stereocenters. The first-order chi connectivity index (χ1) is 6.22. The molecule has 1 aromatic carbocycles. The van der Waals surface area contributed by atoms with Gasteiger partial charge < -0.3 is 0 Å². The van der Waals surface area contributed by atoms with Crippen LogP contribution >= 0.6 is 24.0 Å². The fraction of sp³-hybridized carbons (Fsp3) is 0.100. The van der Waals surface area contributed by atoms with Gasteiger partial charge in [-0.2, -0.15) is 5.26 Å². The van der Waals surface area contributed by atoms with E-state index < -0.39 is 0 Å². The minimum atomic E-state index is 0.710. The van der Waals surface area contributed by atoms with Gasteiger partial charge in [-0.15, -0.1) is 24.0 Å². The molecule has 0 N–H and O–H groups in total. The fourth-order valence-corrected chi connectivity index (χ4v) is 2.69. The molecule has 2 aromatic rings. The van der Waals surface area contributed by atoms with E-state index in [1.54, 1.807) is 11.3 Å². The highest BCUT2D eigenvalue weighted by Gasteiger charge is 2.05. The molecular weight excluding hydrogens is 198 g/mol. The van der Waals surface area contributed by atoms with Crippen LogP contribution in [0.4, 0.5) is 0 Å². The van der Waals surface area contributed by atoms with Crippen LogP contribution < -0.4 is 0 Å². The molecule has 0 radical (unpaired) electrons. The molecular formula is C10H7NS2. The van der Waals surface area contributed by atoms with Crippen molar-refractivity contribution >= 4 is 34.1 Å². The number of nitriles is 1. The van der Waals surface area contributed by atoms with Gasteiger partial charge in [0.1, 0.15) is 0 Å². The van der Waals surface area contributed by atoms with E-state index in [-0.39, 0.29) is 0 Å². The quantitative estimate of drug-likeness (QED) is 0.655. The highest BCUT2D eigenvalue weighted by molar-refractivity contribution is 7.83. The molecule has 1 aromatic heterocycles. The van der Waals surface area contributed by atoms with Crippen LogP contribution in [0, 0.1) is 18.3 Å². The van der Waals surface area contributed by atoms with Gasteiger partial charge in [-0.25, -0.2) is 0 Å². The second-order valence-corrected chi connectivity index (χ2v) is 4.66. The van der Waals surface area contributed by atoms with Crippen LogP contribution in [0.15, 0.2) is 22.4 Å². The lowest BCUT2D eigenvalue weighted by Gasteiger charge is -1.91. The van der Waals surface area contributed by atoms with E-state index in [2.05, 4.69) is 18.7 Å². The molecule has 0 atom stereocenters. The molecule has 0 spiro atoms. The zero-order valence-electron chi connectivity index (χ0n) is 7.03. The second kappa shape index (κ2) is 3.06. The number of hydrogen-bond acceptors (Lipinski definition) is 3. The average Bonchev–Trinajstić information content (AvgIpc) is 2.42. The summed E-state index contributed by atoms with van der Waals surface area (Å²) in [5, 5.41) is 9.91. The molecule has 0 aliphatic rings.